The van der Waals surface area contributed by atoms with E-state index in [9.17, 15) is 4.79 Å². The summed E-state index contributed by atoms with van der Waals surface area (Å²) >= 11 is 0. The Balaban J connectivity index is 1.70. The van der Waals surface area contributed by atoms with Crippen molar-refractivity contribution in [3.63, 3.8) is 0 Å². The van der Waals surface area contributed by atoms with Crippen LogP contribution in [0.1, 0.15) is 41.9 Å². The lowest BCUT2D eigenvalue weighted by Gasteiger charge is -2.11. The zero-order chi connectivity index (χ0) is 14.9. The van der Waals surface area contributed by atoms with Crippen molar-refractivity contribution in [2.75, 3.05) is 0 Å². The molecule has 3 rings (SSSR count). The highest BCUT2D eigenvalue weighted by molar-refractivity contribution is 5.94. The van der Waals surface area contributed by atoms with E-state index < -0.39 is 5.54 Å². The Labute approximate surface area is 122 Å². The van der Waals surface area contributed by atoms with Gasteiger partial charge in [0.15, 0.2) is 5.54 Å². The molecule has 1 fully saturated rings. The fourth-order valence-electron chi connectivity index (χ4n) is 2.14. The van der Waals surface area contributed by atoms with Crippen LogP contribution >= 0.6 is 0 Å². The molecule has 6 heteroatoms. The number of aromatic nitrogens is 3. The first-order valence-corrected chi connectivity index (χ1v) is 6.84. The molecule has 1 atom stereocenters. The molecule has 1 aliphatic carbocycles. The van der Waals surface area contributed by atoms with Gasteiger partial charge in [0.05, 0.1) is 18.3 Å². The highest BCUT2D eigenvalue weighted by Crippen LogP contribution is 2.42. The van der Waals surface area contributed by atoms with Crippen LogP contribution in [0.3, 0.4) is 0 Å². The molecule has 0 spiro atoms. The lowest BCUT2D eigenvalue weighted by Crippen LogP contribution is -2.26. The van der Waals surface area contributed by atoms with E-state index in [1.807, 2.05) is 25.1 Å². The molecule has 21 heavy (non-hydrogen) atoms. The molecule has 0 unspecified atom stereocenters. The van der Waals surface area contributed by atoms with Crippen LogP contribution in [0.4, 0.5) is 0 Å². The second-order valence-corrected chi connectivity index (χ2v) is 5.29. The number of rotatable bonds is 4. The molecule has 1 aliphatic rings. The molecule has 1 amide bonds. The van der Waals surface area contributed by atoms with Gasteiger partial charge >= 0.3 is 0 Å². The van der Waals surface area contributed by atoms with E-state index in [2.05, 4.69) is 21.7 Å². The Morgan fingerprint density at radius 3 is 2.76 bits per heavy atom. The van der Waals surface area contributed by atoms with Crippen molar-refractivity contribution >= 4 is 5.91 Å². The second kappa shape index (κ2) is 5.02. The van der Waals surface area contributed by atoms with Crippen molar-refractivity contribution in [3.05, 3.63) is 47.8 Å². The Morgan fingerprint density at radius 1 is 1.43 bits per heavy atom. The van der Waals surface area contributed by atoms with Crippen molar-refractivity contribution in [3.8, 4) is 6.07 Å². The van der Waals surface area contributed by atoms with Crippen LogP contribution < -0.4 is 5.32 Å². The van der Waals surface area contributed by atoms with E-state index in [-0.39, 0.29) is 11.9 Å². The van der Waals surface area contributed by atoms with Crippen LogP contribution in [0.2, 0.25) is 0 Å². The molecule has 1 saturated carbocycles. The maximum Gasteiger partial charge on any atom is 0.251 e. The van der Waals surface area contributed by atoms with Crippen LogP contribution in [0.25, 0.3) is 0 Å². The standard InChI is InChI=1S/C15H15N5O/c1-11(17-14(21)12-5-3-2-4-6-12)13-9-20(19-18-13)15(10-16)7-8-15/h2-6,9,11H,7-8H2,1H3,(H,17,21)/t11-/m0/s1. The fourth-order valence-corrected chi connectivity index (χ4v) is 2.14. The Morgan fingerprint density at radius 2 is 2.14 bits per heavy atom. The van der Waals surface area contributed by atoms with Gasteiger partial charge in [0, 0.05) is 5.56 Å². The van der Waals surface area contributed by atoms with E-state index in [4.69, 9.17) is 5.26 Å². The predicted octanol–water partition coefficient (Wildman–Crippen LogP) is 1.78. The maximum atomic E-state index is 12.1. The molecule has 106 valence electrons. The van der Waals surface area contributed by atoms with Crippen LogP contribution in [-0.4, -0.2) is 20.9 Å². The molecule has 6 nitrogen and oxygen atoms in total. The summed E-state index contributed by atoms with van der Waals surface area (Å²) in [6, 6.07) is 11.0. The molecule has 1 aromatic carbocycles. The number of carbonyl (C=O) groups is 1. The summed E-state index contributed by atoms with van der Waals surface area (Å²) in [5.41, 5.74) is 0.738. The first-order chi connectivity index (χ1) is 10.1. The van der Waals surface area contributed by atoms with E-state index in [1.165, 1.54) is 0 Å². The third-order valence-corrected chi connectivity index (χ3v) is 3.71. The van der Waals surface area contributed by atoms with E-state index in [0.29, 0.717) is 11.3 Å². The summed E-state index contributed by atoms with van der Waals surface area (Å²) in [4.78, 5) is 12.1. The summed E-state index contributed by atoms with van der Waals surface area (Å²) < 4.78 is 1.60. The molecule has 1 N–H and O–H groups in total. The lowest BCUT2D eigenvalue weighted by atomic mass is 10.2. The number of nitrogens with one attached hydrogen (secondary N) is 1. The van der Waals surface area contributed by atoms with Crippen molar-refractivity contribution < 1.29 is 4.79 Å². The van der Waals surface area contributed by atoms with Gasteiger partial charge in [0.1, 0.15) is 5.69 Å². The largest absolute Gasteiger partial charge is 0.344 e. The molecule has 0 bridgehead atoms. The minimum absolute atomic E-state index is 0.154. The quantitative estimate of drug-likeness (QED) is 0.926. The average Bonchev–Trinajstić information content (AvgIpc) is 3.16. The van der Waals surface area contributed by atoms with Gasteiger partial charge in [-0.25, -0.2) is 4.68 Å². The van der Waals surface area contributed by atoms with Crippen molar-refractivity contribution in [2.45, 2.75) is 31.3 Å². The SMILES string of the molecule is C[C@H](NC(=O)c1ccccc1)c1cn(C2(C#N)CC2)nn1. The number of carbonyl (C=O) groups excluding carboxylic acids is 1. The van der Waals surface area contributed by atoms with Crippen LogP contribution in [0.15, 0.2) is 36.5 Å². The topological polar surface area (TPSA) is 83.6 Å². The first kappa shape index (κ1) is 13.3. The van der Waals surface area contributed by atoms with Crippen LogP contribution in [0.5, 0.6) is 0 Å². The molecular weight excluding hydrogens is 266 g/mol. The fraction of sp³-hybridized carbons (Fsp3) is 0.333. The van der Waals surface area contributed by atoms with Crippen molar-refractivity contribution in [1.82, 2.24) is 20.3 Å². The molecule has 2 aromatic rings. The Hall–Kier alpha value is -2.68. The van der Waals surface area contributed by atoms with Gasteiger partial charge in [-0.1, -0.05) is 23.4 Å². The van der Waals surface area contributed by atoms with Gasteiger partial charge in [0.25, 0.3) is 5.91 Å². The molecular formula is C15H15N5O. The van der Waals surface area contributed by atoms with Crippen LogP contribution in [-0.2, 0) is 5.54 Å². The van der Waals surface area contributed by atoms with Gasteiger partial charge in [-0.2, -0.15) is 5.26 Å². The monoisotopic (exact) mass is 281 g/mol. The highest BCUT2D eigenvalue weighted by Gasteiger charge is 2.46. The zero-order valence-corrected chi connectivity index (χ0v) is 11.7. The third-order valence-electron chi connectivity index (χ3n) is 3.71. The Kier molecular flexibility index (Phi) is 3.18. The summed E-state index contributed by atoms with van der Waals surface area (Å²) in [5.74, 6) is -0.154. The van der Waals surface area contributed by atoms with Gasteiger partial charge in [0.2, 0.25) is 0 Å². The molecule has 0 radical (unpaired) electrons. The molecule has 1 heterocycles. The smallest absolute Gasteiger partial charge is 0.251 e. The summed E-state index contributed by atoms with van der Waals surface area (Å²) in [7, 11) is 0. The van der Waals surface area contributed by atoms with Gasteiger partial charge in [-0.05, 0) is 31.9 Å². The zero-order valence-electron chi connectivity index (χ0n) is 11.7. The summed E-state index contributed by atoms with van der Waals surface area (Å²) in [6.45, 7) is 1.85. The number of benzene rings is 1. The number of hydrogen-bond acceptors (Lipinski definition) is 4. The highest BCUT2D eigenvalue weighted by atomic mass is 16.1. The number of nitriles is 1. The van der Waals surface area contributed by atoms with Crippen molar-refractivity contribution in [2.24, 2.45) is 0 Å². The van der Waals surface area contributed by atoms with Crippen molar-refractivity contribution in [1.29, 1.82) is 5.26 Å². The minimum Gasteiger partial charge on any atom is -0.344 e. The summed E-state index contributed by atoms with van der Waals surface area (Å²) in [5, 5.41) is 20.1. The minimum atomic E-state index is -0.519. The normalized spacial score (nSPS) is 16.8. The third kappa shape index (κ3) is 2.50. The molecule has 0 saturated heterocycles. The van der Waals surface area contributed by atoms with Gasteiger partial charge < -0.3 is 5.32 Å². The lowest BCUT2D eigenvalue weighted by molar-refractivity contribution is 0.0939. The van der Waals surface area contributed by atoms with E-state index in [0.717, 1.165) is 12.8 Å². The number of nitrogens with zero attached hydrogens (tertiary/aromatic N) is 4. The molecule has 0 aliphatic heterocycles. The van der Waals surface area contributed by atoms with Gasteiger partial charge in [-0.3, -0.25) is 4.79 Å². The van der Waals surface area contributed by atoms with E-state index in [1.54, 1.807) is 23.0 Å². The number of amides is 1. The van der Waals surface area contributed by atoms with Crippen LogP contribution in [0, 0.1) is 11.3 Å². The average molecular weight is 281 g/mol. The second-order valence-electron chi connectivity index (χ2n) is 5.29. The maximum absolute atomic E-state index is 12.1. The summed E-state index contributed by atoms with van der Waals surface area (Å²) in [6.07, 6.45) is 3.35. The Bertz CT molecular complexity index is 696. The predicted molar refractivity (Wildman–Crippen MR) is 75.2 cm³/mol. The van der Waals surface area contributed by atoms with E-state index >= 15 is 0 Å². The molecule has 1 aromatic heterocycles. The first-order valence-electron chi connectivity index (χ1n) is 6.84. The number of hydrogen-bond donors (Lipinski definition) is 1. The van der Waals surface area contributed by atoms with Gasteiger partial charge in [-0.15, -0.1) is 5.10 Å².